The molecule has 0 saturated carbocycles. The molecule has 0 bridgehead atoms. The second-order valence-corrected chi connectivity index (χ2v) is 4.67. The minimum Gasteiger partial charge on any atom is -0.381 e. The summed E-state index contributed by atoms with van der Waals surface area (Å²) in [5.74, 6) is 0.661. The maximum absolute atomic E-state index is 5.42. The highest BCUT2D eigenvalue weighted by Gasteiger charge is 2.16. The molecule has 1 aliphatic rings. The van der Waals surface area contributed by atoms with E-state index in [1.165, 1.54) is 11.1 Å². The molecule has 3 nitrogen and oxygen atoms in total. The van der Waals surface area contributed by atoms with Crippen LogP contribution < -0.4 is 0 Å². The number of fused-ring (bicyclic) bond motifs is 1. The van der Waals surface area contributed by atoms with E-state index in [9.17, 15) is 0 Å². The first-order valence-corrected chi connectivity index (χ1v) is 6.41. The molecule has 0 amide bonds. The summed E-state index contributed by atoms with van der Waals surface area (Å²) in [5, 5.41) is 0. The first-order valence-electron chi connectivity index (χ1n) is 6.41. The largest absolute Gasteiger partial charge is 0.381 e. The molecule has 1 fully saturated rings. The van der Waals surface area contributed by atoms with Crippen LogP contribution in [0.5, 0.6) is 0 Å². The van der Waals surface area contributed by atoms with E-state index < -0.39 is 0 Å². The van der Waals surface area contributed by atoms with Crippen molar-refractivity contribution in [2.45, 2.75) is 32.2 Å². The zero-order valence-electron chi connectivity index (χ0n) is 10.2. The average Bonchev–Trinajstić information content (AvgIpc) is 2.81. The summed E-state index contributed by atoms with van der Waals surface area (Å²) in [7, 11) is 0. The number of hydrogen-bond donors (Lipinski definition) is 0. The monoisotopic (exact) mass is 230 g/mol. The molecule has 0 unspecified atom stereocenters. The van der Waals surface area contributed by atoms with Crippen LogP contribution in [0.1, 0.15) is 31.2 Å². The Labute approximate surface area is 101 Å². The second kappa shape index (κ2) is 4.49. The number of hydrogen-bond acceptors (Lipinski definition) is 2. The van der Waals surface area contributed by atoms with E-state index in [1.807, 2.05) is 6.33 Å². The Morgan fingerprint density at radius 3 is 2.94 bits per heavy atom. The third-order valence-corrected chi connectivity index (χ3v) is 3.68. The highest BCUT2D eigenvalue weighted by Crippen LogP contribution is 2.28. The topological polar surface area (TPSA) is 27.1 Å². The van der Waals surface area contributed by atoms with Crippen LogP contribution in [-0.4, -0.2) is 22.8 Å². The third-order valence-electron chi connectivity index (χ3n) is 3.68. The van der Waals surface area contributed by atoms with Crippen LogP contribution in [0.2, 0.25) is 0 Å². The first-order chi connectivity index (χ1) is 8.38. The zero-order valence-corrected chi connectivity index (χ0v) is 10.2. The van der Waals surface area contributed by atoms with Gasteiger partial charge in [-0.3, -0.25) is 0 Å². The van der Waals surface area contributed by atoms with Crippen LogP contribution in [0.15, 0.2) is 24.5 Å². The van der Waals surface area contributed by atoms with E-state index in [2.05, 4.69) is 34.7 Å². The summed E-state index contributed by atoms with van der Waals surface area (Å²) >= 11 is 0. The molecule has 1 aromatic heterocycles. The molecular formula is C14H18N2O. The van der Waals surface area contributed by atoms with E-state index in [1.54, 1.807) is 0 Å². The standard InChI is InChI=1S/C14H18N2O/c1-2-16-10-15-13-4-3-12(9-14(13)16)11-5-7-17-8-6-11/h3-4,9-11H,2,5-8H2,1H3. The Balaban J connectivity index is 1.99. The number of aromatic nitrogens is 2. The molecular weight excluding hydrogens is 212 g/mol. The minimum atomic E-state index is 0.661. The Morgan fingerprint density at radius 1 is 1.35 bits per heavy atom. The van der Waals surface area contributed by atoms with Gasteiger partial charge in [0, 0.05) is 19.8 Å². The lowest BCUT2D eigenvalue weighted by molar-refractivity contribution is 0.0853. The summed E-state index contributed by atoms with van der Waals surface area (Å²) < 4.78 is 7.63. The quantitative estimate of drug-likeness (QED) is 0.793. The molecule has 1 aromatic carbocycles. The van der Waals surface area contributed by atoms with Crippen LogP contribution in [0, 0.1) is 0 Å². The highest BCUT2D eigenvalue weighted by atomic mass is 16.5. The van der Waals surface area contributed by atoms with E-state index in [0.717, 1.165) is 38.1 Å². The first kappa shape index (κ1) is 10.8. The zero-order chi connectivity index (χ0) is 11.7. The van der Waals surface area contributed by atoms with Crippen LogP contribution in [0.25, 0.3) is 11.0 Å². The van der Waals surface area contributed by atoms with Crippen molar-refractivity contribution < 1.29 is 4.74 Å². The van der Waals surface area contributed by atoms with Crippen molar-refractivity contribution in [3.05, 3.63) is 30.1 Å². The molecule has 0 spiro atoms. The van der Waals surface area contributed by atoms with Gasteiger partial charge in [-0.05, 0) is 43.4 Å². The van der Waals surface area contributed by atoms with Crippen molar-refractivity contribution in [3.8, 4) is 0 Å². The summed E-state index contributed by atoms with van der Waals surface area (Å²) in [6, 6.07) is 6.68. The average molecular weight is 230 g/mol. The van der Waals surface area contributed by atoms with Gasteiger partial charge in [0.2, 0.25) is 0 Å². The fourth-order valence-corrected chi connectivity index (χ4v) is 2.61. The van der Waals surface area contributed by atoms with Gasteiger partial charge in [0.05, 0.1) is 17.4 Å². The van der Waals surface area contributed by atoms with Crippen molar-refractivity contribution in [1.29, 1.82) is 0 Å². The van der Waals surface area contributed by atoms with Crippen LogP contribution >= 0.6 is 0 Å². The number of rotatable bonds is 2. The predicted octanol–water partition coefficient (Wildman–Crippen LogP) is 2.95. The Hall–Kier alpha value is -1.35. The van der Waals surface area contributed by atoms with Crippen LogP contribution in [-0.2, 0) is 11.3 Å². The molecule has 0 atom stereocenters. The molecule has 2 aromatic rings. The summed E-state index contributed by atoms with van der Waals surface area (Å²) in [5.41, 5.74) is 3.80. The Bertz CT molecular complexity index is 512. The number of benzene rings is 1. The number of aryl methyl sites for hydroxylation is 1. The maximum Gasteiger partial charge on any atom is 0.0958 e. The maximum atomic E-state index is 5.42. The number of nitrogens with zero attached hydrogens (tertiary/aromatic N) is 2. The molecule has 2 heterocycles. The summed E-state index contributed by atoms with van der Waals surface area (Å²) in [6.07, 6.45) is 4.22. The van der Waals surface area contributed by atoms with E-state index in [0.29, 0.717) is 5.92 Å². The van der Waals surface area contributed by atoms with E-state index in [-0.39, 0.29) is 0 Å². The summed E-state index contributed by atoms with van der Waals surface area (Å²) in [4.78, 5) is 4.41. The predicted molar refractivity (Wildman–Crippen MR) is 68.2 cm³/mol. The molecule has 1 saturated heterocycles. The Morgan fingerprint density at radius 2 is 2.18 bits per heavy atom. The molecule has 90 valence electrons. The van der Waals surface area contributed by atoms with Crippen molar-refractivity contribution in [2.75, 3.05) is 13.2 Å². The lowest BCUT2D eigenvalue weighted by atomic mass is 9.91. The molecule has 1 aliphatic heterocycles. The Kier molecular flexibility index (Phi) is 2.85. The summed E-state index contributed by atoms with van der Waals surface area (Å²) in [6.45, 7) is 4.93. The van der Waals surface area contributed by atoms with Gasteiger partial charge >= 0.3 is 0 Å². The lowest BCUT2D eigenvalue weighted by Crippen LogP contribution is -2.14. The number of imidazole rings is 1. The molecule has 0 aliphatic carbocycles. The number of ether oxygens (including phenoxy) is 1. The SMILES string of the molecule is CCn1cnc2ccc(C3CCOCC3)cc21. The molecule has 0 radical (unpaired) electrons. The second-order valence-electron chi connectivity index (χ2n) is 4.67. The fraction of sp³-hybridized carbons (Fsp3) is 0.500. The van der Waals surface area contributed by atoms with Gasteiger partial charge in [-0.2, -0.15) is 0 Å². The van der Waals surface area contributed by atoms with Gasteiger partial charge in [0.15, 0.2) is 0 Å². The van der Waals surface area contributed by atoms with Gasteiger partial charge in [0.1, 0.15) is 0 Å². The van der Waals surface area contributed by atoms with E-state index >= 15 is 0 Å². The molecule has 17 heavy (non-hydrogen) atoms. The molecule has 0 N–H and O–H groups in total. The molecule has 3 heteroatoms. The van der Waals surface area contributed by atoms with E-state index in [4.69, 9.17) is 4.74 Å². The van der Waals surface area contributed by atoms with Crippen molar-refractivity contribution in [1.82, 2.24) is 9.55 Å². The van der Waals surface area contributed by atoms with Gasteiger partial charge in [-0.25, -0.2) is 4.98 Å². The van der Waals surface area contributed by atoms with Crippen molar-refractivity contribution in [2.24, 2.45) is 0 Å². The minimum absolute atomic E-state index is 0.661. The van der Waals surface area contributed by atoms with Crippen LogP contribution in [0.3, 0.4) is 0 Å². The van der Waals surface area contributed by atoms with Gasteiger partial charge in [-0.15, -0.1) is 0 Å². The third kappa shape index (κ3) is 1.95. The van der Waals surface area contributed by atoms with Crippen molar-refractivity contribution in [3.63, 3.8) is 0 Å². The van der Waals surface area contributed by atoms with Gasteiger partial charge in [0.25, 0.3) is 0 Å². The smallest absolute Gasteiger partial charge is 0.0958 e. The fourth-order valence-electron chi connectivity index (χ4n) is 2.61. The highest BCUT2D eigenvalue weighted by molar-refractivity contribution is 5.76. The van der Waals surface area contributed by atoms with Crippen molar-refractivity contribution >= 4 is 11.0 Å². The van der Waals surface area contributed by atoms with Gasteiger partial charge in [-0.1, -0.05) is 6.07 Å². The lowest BCUT2D eigenvalue weighted by Gasteiger charge is -2.22. The normalized spacial score (nSPS) is 17.7. The van der Waals surface area contributed by atoms with Crippen LogP contribution in [0.4, 0.5) is 0 Å². The molecule has 3 rings (SSSR count). The van der Waals surface area contributed by atoms with Gasteiger partial charge < -0.3 is 9.30 Å².